The number of alkyl halides is 1. The lowest BCUT2D eigenvalue weighted by Gasteiger charge is -2.60. The first kappa shape index (κ1) is 19.8. The molecular formula is C24H33FO3. The Morgan fingerprint density at radius 1 is 1.21 bits per heavy atom. The van der Waals surface area contributed by atoms with E-state index in [-0.39, 0.29) is 41.0 Å². The Labute approximate surface area is 167 Å². The maximum atomic E-state index is 16.7. The number of hydrogen-bond acceptors (Lipinski definition) is 3. The van der Waals surface area contributed by atoms with Crippen molar-refractivity contribution in [3.05, 3.63) is 23.8 Å². The molecule has 3 saturated carbocycles. The molecule has 0 saturated heterocycles. The Morgan fingerprint density at radius 3 is 2.68 bits per heavy atom. The molecule has 0 spiro atoms. The summed E-state index contributed by atoms with van der Waals surface area (Å²) in [5.74, 6) is 0.334. The monoisotopic (exact) mass is 388 g/mol. The van der Waals surface area contributed by atoms with Crippen LogP contribution in [-0.4, -0.2) is 23.5 Å². The maximum Gasteiger partial charge on any atom is 0.306 e. The van der Waals surface area contributed by atoms with Crippen molar-refractivity contribution in [1.82, 2.24) is 0 Å². The third-order valence-corrected chi connectivity index (χ3v) is 8.42. The predicted molar refractivity (Wildman–Crippen MR) is 106 cm³/mol. The van der Waals surface area contributed by atoms with E-state index < -0.39 is 11.1 Å². The smallest absolute Gasteiger partial charge is 0.306 e. The summed E-state index contributed by atoms with van der Waals surface area (Å²) < 4.78 is 22.6. The van der Waals surface area contributed by atoms with Crippen LogP contribution in [0.4, 0.5) is 4.39 Å². The molecule has 0 heterocycles. The highest BCUT2D eigenvalue weighted by molar-refractivity contribution is 6.01. The van der Waals surface area contributed by atoms with Crippen LogP contribution in [-0.2, 0) is 14.3 Å². The second-order valence-corrected chi connectivity index (χ2v) is 10.4. The summed E-state index contributed by atoms with van der Waals surface area (Å²) in [5.41, 5.74) is -1.19. The van der Waals surface area contributed by atoms with Crippen LogP contribution in [0.2, 0.25) is 0 Å². The van der Waals surface area contributed by atoms with E-state index in [1.165, 1.54) is 0 Å². The second-order valence-electron chi connectivity index (χ2n) is 10.4. The van der Waals surface area contributed by atoms with Crippen molar-refractivity contribution in [2.75, 3.05) is 0 Å². The van der Waals surface area contributed by atoms with Crippen molar-refractivity contribution in [3.63, 3.8) is 0 Å². The summed E-state index contributed by atoms with van der Waals surface area (Å²) in [7, 11) is 0. The molecule has 4 aliphatic rings. The Kier molecular flexibility index (Phi) is 4.63. The number of allylic oxidation sites excluding steroid dienone is 4. The molecule has 0 radical (unpaired) electrons. The van der Waals surface area contributed by atoms with Crippen LogP contribution in [0, 0.1) is 28.6 Å². The standard InChI is InChI=1S/C24H33FO3/c1-15(2)13-21(27)28-20-8-7-18-19-6-5-16-14-17(26)9-10-23(16,4)24(19,25)12-11-22(18,20)3/h9-10,14-15,18-20H,5-8,11-13H2,1-4H3/t18-,19-,20+,22-,23-,24+/m0/s1. The molecule has 154 valence electrons. The van der Waals surface area contributed by atoms with Gasteiger partial charge < -0.3 is 4.74 Å². The van der Waals surface area contributed by atoms with Gasteiger partial charge in [0, 0.05) is 17.3 Å². The zero-order chi connectivity index (χ0) is 20.3. The lowest BCUT2D eigenvalue weighted by atomic mass is 9.47. The minimum absolute atomic E-state index is 0.0202. The van der Waals surface area contributed by atoms with Crippen LogP contribution >= 0.6 is 0 Å². The Hall–Kier alpha value is -1.45. The SMILES string of the molecule is CC(C)CC(=O)O[C@@H]1CC[C@H]2[C@@H]3CCC4=CC(=O)C=C[C@]4(C)[C@@]3(F)CC[C@]12C. The number of fused-ring (bicyclic) bond motifs is 5. The van der Waals surface area contributed by atoms with E-state index in [1.807, 2.05) is 26.8 Å². The van der Waals surface area contributed by atoms with E-state index in [4.69, 9.17) is 4.74 Å². The molecule has 0 aromatic heterocycles. The van der Waals surface area contributed by atoms with Gasteiger partial charge in [0.05, 0.1) is 0 Å². The minimum atomic E-state index is -1.32. The number of carbonyl (C=O) groups excluding carboxylic acids is 2. The van der Waals surface area contributed by atoms with Crippen LogP contribution < -0.4 is 0 Å². The predicted octanol–water partition coefficient (Wildman–Crippen LogP) is 5.34. The molecule has 0 bridgehead atoms. The summed E-state index contributed by atoms with van der Waals surface area (Å²) >= 11 is 0. The first-order valence-electron chi connectivity index (χ1n) is 10.9. The average molecular weight is 389 g/mol. The molecule has 6 atom stereocenters. The lowest BCUT2D eigenvalue weighted by Crippen LogP contribution is -2.60. The van der Waals surface area contributed by atoms with Gasteiger partial charge in [-0.05, 0) is 75.4 Å². The molecule has 0 amide bonds. The van der Waals surface area contributed by atoms with Gasteiger partial charge in [0.25, 0.3) is 0 Å². The molecular weight excluding hydrogens is 355 g/mol. The number of esters is 1. The highest BCUT2D eigenvalue weighted by Gasteiger charge is 2.67. The Morgan fingerprint density at radius 2 is 1.96 bits per heavy atom. The fourth-order valence-corrected chi connectivity index (χ4v) is 6.77. The van der Waals surface area contributed by atoms with Crippen molar-refractivity contribution in [2.45, 2.75) is 84.4 Å². The number of ether oxygens (including phenoxy) is 1. The quantitative estimate of drug-likeness (QED) is 0.613. The first-order valence-corrected chi connectivity index (χ1v) is 10.9. The highest BCUT2D eigenvalue weighted by atomic mass is 19.1. The summed E-state index contributed by atoms with van der Waals surface area (Å²) in [4.78, 5) is 24.1. The van der Waals surface area contributed by atoms with E-state index in [2.05, 4.69) is 6.92 Å². The van der Waals surface area contributed by atoms with E-state index in [1.54, 1.807) is 12.2 Å². The third-order valence-electron chi connectivity index (χ3n) is 8.42. The van der Waals surface area contributed by atoms with Gasteiger partial charge >= 0.3 is 5.97 Å². The van der Waals surface area contributed by atoms with Gasteiger partial charge in [-0.25, -0.2) is 4.39 Å². The van der Waals surface area contributed by atoms with Crippen molar-refractivity contribution < 1.29 is 18.7 Å². The van der Waals surface area contributed by atoms with Gasteiger partial charge in [-0.3, -0.25) is 9.59 Å². The molecule has 4 aliphatic carbocycles. The number of rotatable bonds is 3. The Bertz CT molecular complexity index is 753. The summed E-state index contributed by atoms with van der Waals surface area (Å²) in [6.07, 6.45) is 9.91. The normalized spacial score (nSPS) is 44.6. The van der Waals surface area contributed by atoms with Crippen molar-refractivity contribution >= 4 is 11.8 Å². The van der Waals surface area contributed by atoms with Crippen LogP contribution in [0.25, 0.3) is 0 Å². The number of carbonyl (C=O) groups is 2. The first-order chi connectivity index (χ1) is 13.1. The van der Waals surface area contributed by atoms with Crippen LogP contribution in [0.1, 0.15) is 72.6 Å². The number of hydrogen-bond donors (Lipinski definition) is 0. The molecule has 0 aromatic rings. The largest absolute Gasteiger partial charge is 0.462 e. The van der Waals surface area contributed by atoms with Crippen LogP contribution in [0.3, 0.4) is 0 Å². The summed E-state index contributed by atoms with van der Waals surface area (Å²) in [6.45, 7) is 8.24. The Balaban J connectivity index is 1.59. The fraction of sp³-hybridized carbons (Fsp3) is 0.750. The molecule has 0 aliphatic heterocycles. The molecule has 4 heteroatoms. The van der Waals surface area contributed by atoms with Gasteiger partial charge in [-0.1, -0.05) is 32.4 Å². The van der Waals surface area contributed by atoms with Crippen molar-refractivity contribution in [2.24, 2.45) is 28.6 Å². The third kappa shape index (κ3) is 2.74. The summed E-state index contributed by atoms with van der Waals surface area (Å²) in [6, 6.07) is 0. The maximum absolute atomic E-state index is 16.7. The highest BCUT2D eigenvalue weighted by Crippen LogP contribution is 2.68. The van der Waals surface area contributed by atoms with Gasteiger partial charge in [0.15, 0.2) is 5.78 Å². The van der Waals surface area contributed by atoms with E-state index in [9.17, 15) is 9.59 Å². The number of ketones is 1. The molecule has 0 unspecified atom stereocenters. The van der Waals surface area contributed by atoms with Gasteiger partial charge in [-0.2, -0.15) is 0 Å². The van der Waals surface area contributed by atoms with Crippen LogP contribution in [0.5, 0.6) is 0 Å². The molecule has 0 aromatic carbocycles. The van der Waals surface area contributed by atoms with Gasteiger partial charge in [0.2, 0.25) is 0 Å². The average Bonchev–Trinajstić information content (AvgIpc) is 2.92. The molecule has 3 fully saturated rings. The molecule has 4 rings (SSSR count). The van der Waals surface area contributed by atoms with E-state index in [0.717, 1.165) is 37.7 Å². The van der Waals surface area contributed by atoms with Gasteiger partial charge in [0.1, 0.15) is 11.8 Å². The summed E-state index contributed by atoms with van der Waals surface area (Å²) in [5, 5.41) is 0. The zero-order valence-corrected chi connectivity index (χ0v) is 17.6. The topological polar surface area (TPSA) is 43.4 Å². The minimum Gasteiger partial charge on any atom is -0.462 e. The van der Waals surface area contributed by atoms with E-state index in [0.29, 0.717) is 12.8 Å². The molecule has 3 nitrogen and oxygen atoms in total. The number of halogens is 1. The zero-order valence-electron chi connectivity index (χ0n) is 17.6. The lowest BCUT2D eigenvalue weighted by molar-refractivity contribution is -0.168. The van der Waals surface area contributed by atoms with Crippen molar-refractivity contribution in [1.29, 1.82) is 0 Å². The van der Waals surface area contributed by atoms with Crippen molar-refractivity contribution in [3.8, 4) is 0 Å². The molecule has 28 heavy (non-hydrogen) atoms. The van der Waals surface area contributed by atoms with E-state index >= 15 is 4.39 Å². The molecule has 0 N–H and O–H groups in total. The van der Waals surface area contributed by atoms with Gasteiger partial charge in [-0.15, -0.1) is 0 Å². The fourth-order valence-electron chi connectivity index (χ4n) is 6.77. The second kappa shape index (κ2) is 6.53. The van der Waals surface area contributed by atoms with Crippen LogP contribution in [0.15, 0.2) is 23.8 Å².